The van der Waals surface area contributed by atoms with E-state index in [0.29, 0.717) is 29.4 Å². The van der Waals surface area contributed by atoms with Gasteiger partial charge in [-0.15, -0.1) is 0 Å². The van der Waals surface area contributed by atoms with Crippen molar-refractivity contribution >= 4 is 23.2 Å². The highest BCUT2D eigenvalue weighted by Crippen LogP contribution is 2.22. The van der Waals surface area contributed by atoms with Crippen LogP contribution in [0.4, 0.5) is 5.69 Å². The molecule has 0 spiro atoms. The fourth-order valence-electron chi connectivity index (χ4n) is 3.06. The van der Waals surface area contributed by atoms with Gasteiger partial charge in [-0.2, -0.15) is 0 Å². The van der Waals surface area contributed by atoms with Crippen LogP contribution in [0.2, 0.25) is 5.02 Å². The van der Waals surface area contributed by atoms with Crippen molar-refractivity contribution in [3.8, 4) is 0 Å². The molecule has 0 fully saturated rings. The summed E-state index contributed by atoms with van der Waals surface area (Å²) in [6.45, 7) is 4.27. The van der Waals surface area contributed by atoms with Gasteiger partial charge >= 0.3 is 0 Å². The molecule has 138 valence electrons. The van der Waals surface area contributed by atoms with Crippen LogP contribution >= 0.6 is 11.6 Å². The van der Waals surface area contributed by atoms with E-state index < -0.39 is 5.91 Å². The number of halogens is 1. The number of nitrogens with one attached hydrogen (secondary N) is 1. The molecule has 0 unspecified atom stereocenters. The number of amides is 1. The van der Waals surface area contributed by atoms with Crippen molar-refractivity contribution in [2.45, 2.75) is 26.8 Å². The Morgan fingerprint density at radius 1 is 1.19 bits per heavy atom. The number of para-hydroxylation sites is 1. The molecule has 0 aliphatic heterocycles. The Kier molecular flexibility index (Phi) is 5.72. The molecule has 6 heteroatoms. The minimum Gasteiger partial charge on any atom is -0.342 e. The summed E-state index contributed by atoms with van der Waals surface area (Å²) in [5.41, 5.74) is 2.64. The van der Waals surface area contributed by atoms with Gasteiger partial charge in [-0.3, -0.25) is 14.6 Å². The van der Waals surface area contributed by atoms with Gasteiger partial charge in [-0.25, -0.2) is 0 Å². The van der Waals surface area contributed by atoms with Gasteiger partial charge in [0.2, 0.25) is 0 Å². The molecule has 0 aliphatic carbocycles. The number of aryl methyl sites for hydroxylation is 1. The lowest BCUT2D eigenvalue weighted by Gasteiger charge is -2.19. The Bertz CT molecular complexity index is 1030. The number of benzene rings is 1. The zero-order valence-electron chi connectivity index (χ0n) is 15.2. The Balaban J connectivity index is 2.04. The molecule has 0 saturated heterocycles. The molecular weight excluding hydrogens is 362 g/mol. The van der Waals surface area contributed by atoms with E-state index >= 15 is 0 Å². The molecule has 2 aromatic heterocycles. The highest BCUT2D eigenvalue weighted by Gasteiger charge is 2.20. The van der Waals surface area contributed by atoms with Crippen LogP contribution < -0.4 is 10.7 Å². The van der Waals surface area contributed by atoms with E-state index in [2.05, 4.69) is 10.3 Å². The van der Waals surface area contributed by atoms with E-state index in [9.17, 15) is 9.59 Å². The maximum atomic E-state index is 12.9. The van der Waals surface area contributed by atoms with Crippen LogP contribution in [0, 0.1) is 6.92 Å². The van der Waals surface area contributed by atoms with Crippen molar-refractivity contribution in [2.24, 2.45) is 0 Å². The number of carbonyl (C=O) groups excluding carboxylic acids is 1. The second-order valence-electron chi connectivity index (χ2n) is 6.17. The predicted molar refractivity (Wildman–Crippen MR) is 108 cm³/mol. The van der Waals surface area contributed by atoms with E-state index in [-0.39, 0.29) is 11.0 Å². The third-order valence-corrected chi connectivity index (χ3v) is 4.69. The summed E-state index contributed by atoms with van der Waals surface area (Å²) in [4.78, 5) is 29.9. The smallest absolute Gasteiger partial charge is 0.261 e. The summed E-state index contributed by atoms with van der Waals surface area (Å²) in [5.74, 6) is -0.459. The van der Waals surface area contributed by atoms with Crippen LogP contribution in [-0.4, -0.2) is 15.5 Å². The lowest BCUT2D eigenvalue weighted by molar-refractivity contribution is 0.102. The lowest BCUT2D eigenvalue weighted by Crippen LogP contribution is -2.28. The molecule has 3 aromatic rings. The number of pyridine rings is 2. The molecule has 0 saturated carbocycles. The van der Waals surface area contributed by atoms with Gasteiger partial charge < -0.3 is 9.88 Å². The van der Waals surface area contributed by atoms with Crippen LogP contribution in [0.1, 0.15) is 34.4 Å². The number of carbonyl (C=O) groups is 1. The summed E-state index contributed by atoms with van der Waals surface area (Å²) >= 11 is 6.13. The normalized spacial score (nSPS) is 10.6. The summed E-state index contributed by atoms with van der Waals surface area (Å²) in [7, 11) is 0. The number of rotatable bonds is 5. The van der Waals surface area contributed by atoms with Crippen molar-refractivity contribution < 1.29 is 4.79 Å². The van der Waals surface area contributed by atoms with E-state index in [1.54, 1.807) is 30.5 Å². The lowest BCUT2D eigenvalue weighted by atomic mass is 10.1. The molecule has 5 nitrogen and oxygen atoms in total. The first kappa shape index (κ1) is 18.9. The third-order valence-electron chi connectivity index (χ3n) is 4.36. The molecule has 0 bridgehead atoms. The zero-order valence-corrected chi connectivity index (χ0v) is 16.0. The minimum absolute atomic E-state index is 0.138. The number of aromatic nitrogens is 2. The summed E-state index contributed by atoms with van der Waals surface area (Å²) in [6, 6.07) is 14.1. The Labute approximate surface area is 162 Å². The van der Waals surface area contributed by atoms with Crippen molar-refractivity contribution in [3.05, 3.63) is 92.6 Å². The number of hydrogen-bond donors (Lipinski definition) is 1. The summed E-state index contributed by atoms with van der Waals surface area (Å²) < 4.78 is 1.96. The van der Waals surface area contributed by atoms with Crippen LogP contribution in [0.25, 0.3) is 0 Å². The molecule has 1 aromatic carbocycles. The summed E-state index contributed by atoms with van der Waals surface area (Å²) in [5, 5.41) is 3.17. The number of anilines is 1. The average molecular weight is 382 g/mol. The Morgan fingerprint density at radius 3 is 2.59 bits per heavy atom. The second kappa shape index (κ2) is 8.18. The van der Waals surface area contributed by atoms with E-state index in [1.165, 1.54) is 6.07 Å². The van der Waals surface area contributed by atoms with Crippen molar-refractivity contribution in [3.63, 3.8) is 0 Å². The molecule has 0 aliphatic rings. The molecule has 1 amide bonds. The van der Waals surface area contributed by atoms with Crippen molar-refractivity contribution in [2.75, 3.05) is 5.32 Å². The van der Waals surface area contributed by atoms with Crippen LogP contribution in [0.15, 0.2) is 59.5 Å². The van der Waals surface area contributed by atoms with E-state index in [0.717, 1.165) is 11.4 Å². The van der Waals surface area contributed by atoms with Crippen LogP contribution in [0.3, 0.4) is 0 Å². The highest BCUT2D eigenvalue weighted by atomic mass is 35.5. The van der Waals surface area contributed by atoms with Gasteiger partial charge in [0, 0.05) is 23.7 Å². The van der Waals surface area contributed by atoms with Crippen LogP contribution in [0.5, 0.6) is 0 Å². The van der Waals surface area contributed by atoms with Crippen LogP contribution in [-0.2, 0) is 13.0 Å². The maximum Gasteiger partial charge on any atom is 0.261 e. The zero-order chi connectivity index (χ0) is 19.4. The molecular formula is C21H20ClN3O2. The van der Waals surface area contributed by atoms with Gasteiger partial charge in [0.25, 0.3) is 5.91 Å². The molecule has 27 heavy (non-hydrogen) atoms. The van der Waals surface area contributed by atoms with Gasteiger partial charge in [-0.1, -0.05) is 36.7 Å². The maximum absolute atomic E-state index is 12.9. The van der Waals surface area contributed by atoms with E-state index in [4.69, 9.17) is 11.6 Å². The first-order valence-corrected chi connectivity index (χ1v) is 9.08. The molecule has 3 rings (SSSR count). The first-order chi connectivity index (χ1) is 13.0. The molecule has 1 N–H and O–H groups in total. The highest BCUT2D eigenvalue weighted by molar-refractivity contribution is 6.33. The molecule has 0 atom stereocenters. The van der Waals surface area contributed by atoms with Gasteiger partial charge in [-0.05, 0) is 37.6 Å². The monoisotopic (exact) mass is 381 g/mol. The van der Waals surface area contributed by atoms with Crippen molar-refractivity contribution in [1.29, 1.82) is 0 Å². The second-order valence-corrected chi connectivity index (χ2v) is 6.57. The number of nitrogens with zero attached hydrogens (tertiary/aromatic N) is 2. The average Bonchev–Trinajstić information content (AvgIpc) is 2.66. The minimum atomic E-state index is -0.459. The molecule has 0 radical (unpaired) electrons. The fraction of sp³-hybridized carbons (Fsp3) is 0.190. The number of hydrogen-bond acceptors (Lipinski definition) is 3. The Morgan fingerprint density at radius 2 is 1.93 bits per heavy atom. The van der Waals surface area contributed by atoms with E-state index in [1.807, 2.05) is 36.6 Å². The van der Waals surface area contributed by atoms with Gasteiger partial charge in [0.05, 0.1) is 22.9 Å². The van der Waals surface area contributed by atoms with Crippen molar-refractivity contribution in [1.82, 2.24) is 9.55 Å². The predicted octanol–water partition coefficient (Wildman–Crippen LogP) is 4.07. The van der Waals surface area contributed by atoms with Gasteiger partial charge in [0.1, 0.15) is 5.56 Å². The Hall–Kier alpha value is -2.92. The fourth-order valence-corrected chi connectivity index (χ4v) is 3.24. The topological polar surface area (TPSA) is 64.0 Å². The molecule has 2 heterocycles. The van der Waals surface area contributed by atoms with Gasteiger partial charge in [0.15, 0.2) is 5.43 Å². The third kappa shape index (κ3) is 4.09. The summed E-state index contributed by atoms with van der Waals surface area (Å²) in [6.07, 6.45) is 2.26. The first-order valence-electron chi connectivity index (χ1n) is 8.70. The largest absolute Gasteiger partial charge is 0.342 e. The standard InChI is InChI=1S/C21H20ClN3O2/c1-3-18-20(21(27)24-17-10-5-4-9-16(17)22)19(26)12-14(2)25(18)13-15-8-6-7-11-23-15/h4-12H,3,13H2,1-2H3,(H,24,27). The SMILES string of the molecule is CCc1c(C(=O)Nc2ccccc2Cl)c(=O)cc(C)n1Cc1ccccn1. The quantitative estimate of drug-likeness (QED) is 0.724.